The van der Waals surface area contributed by atoms with Crippen molar-refractivity contribution in [2.45, 2.75) is 24.5 Å². The minimum absolute atomic E-state index is 0.0210. The molecule has 452 valence electrons. The largest absolute Gasteiger partial charge is 0.463 e. The van der Waals surface area contributed by atoms with Gasteiger partial charge in [0, 0.05) is 40.0 Å². The molecule has 0 radical (unpaired) electrons. The monoisotopic (exact) mass is 1340 g/mol. The van der Waals surface area contributed by atoms with Gasteiger partial charge < -0.3 is 24.7 Å². The van der Waals surface area contributed by atoms with Gasteiger partial charge in [-0.15, -0.1) is 11.3 Å². The maximum Gasteiger partial charge on any atom is 0.433 e. The standard InChI is InChI=1S/C21H16N4O3S2.C14H8BrN3O5.C14H11NOS.C13H12ClN5O/c22-10-15-19(17-7-4-8-28-17)24-21(25-20(15)27)30-11-14(26)9-18-23-16(12-29-18)13-5-2-1-3-6-13;15-8-1-3-9(4-2-8)17-14(20)11(13(19)16-17)7-10-5-6-12(23-10)18(21)22;1-10-6-8-11(9-7-10)15-14(16)12-4-2-3-5-13(12)17-15;14-12-11(7-17-19-13(12)20)18-16-6-8-5-15-10-4-2-1-3-9(8)10/h1-8,10,12,22H,9,11H2,(H,24,25,27);1-7H,(H,16,19);2-9H,1H3;1-7,9-10,16H,(H2,18,19,20)/b;11-7-;;. The number of aromatic amines is 2. The Morgan fingerprint density at radius 1 is 0.911 bits per heavy atom. The first kappa shape index (κ1) is 62.6. The number of hydrogen-bond acceptors (Lipinski definition) is 20. The summed E-state index contributed by atoms with van der Waals surface area (Å²) >= 11 is 13.2. The number of allylic oxidation sites excluding steroid dienone is 2. The number of nitro groups is 1. The fourth-order valence-corrected chi connectivity index (χ4v) is 11.6. The highest BCUT2D eigenvalue weighted by molar-refractivity contribution is 9.10. The lowest BCUT2D eigenvalue weighted by molar-refractivity contribution is -0.402. The quantitative estimate of drug-likeness (QED) is 0.0106. The smallest absolute Gasteiger partial charge is 0.433 e. The van der Waals surface area contributed by atoms with Crippen LogP contribution >= 0.6 is 62.2 Å². The molecule has 28 heteroatoms. The van der Waals surface area contributed by atoms with Crippen molar-refractivity contribution in [2.75, 3.05) is 16.2 Å². The topological polar surface area (TPSA) is 323 Å². The third-order valence-corrected chi connectivity index (χ3v) is 16.9. The summed E-state index contributed by atoms with van der Waals surface area (Å²) in [7, 11) is 0. The Hall–Kier alpha value is -10.5. The number of hydrazine groups is 2. The maximum atomic E-state index is 12.4. The summed E-state index contributed by atoms with van der Waals surface area (Å²) in [6, 6.07) is 38.3. The van der Waals surface area contributed by atoms with Gasteiger partial charge in [-0.2, -0.15) is 5.10 Å². The number of thioether (sulfide) groups is 1. The van der Waals surface area contributed by atoms with Crippen LogP contribution in [0, 0.1) is 28.4 Å². The molecule has 0 saturated carbocycles. The molecule has 6 aromatic heterocycles. The van der Waals surface area contributed by atoms with Crippen LogP contribution in [0.25, 0.3) is 44.6 Å². The molecule has 0 bridgehead atoms. The number of thiazole rings is 1. The van der Waals surface area contributed by atoms with Gasteiger partial charge in [-0.1, -0.05) is 135 Å². The number of aryl methyl sites for hydroxylation is 1. The zero-order chi connectivity index (χ0) is 63.3. The molecule has 13 rings (SSSR count). The molecule has 2 atom stereocenters. The fourth-order valence-electron chi connectivity index (χ4n) is 8.68. The van der Waals surface area contributed by atoms with E-state index in [9.17, 15) is 38.9 Å². The molecule has 8 heterocycles. The molecule has 0 spiro atoms. The van der Waals surface area contributed by atoms with Crippen molar-refractivity contribution in [2.24, 2.45) is 10.9 Å². The summed E-state index contributed by atoms with van der Waals surface area (Å²) < 4.78 is 13.8. The molecule has 10 aromatic rings. The number of nitrogens with one attached hydrogen (secondary N) is 6. The van der Waals surface area contributed by atoms with Crippen molar-refractivity contribution >= 4 is 126 Å². The number of furan rings is 2. The van der Waals surface area contributed by atoms with Gasteiger partial charge in [0.25, 0.3) is 28.5 Å². The van der Waals surface area contributed by atoms with Crippen molar-refractivity contribution in [1.29, 1.82) is 5.41 Å². The number of aromatic nitrogens is 6. The Balaban J connectivity index is 0.000000135. The molecule has 2 amide bonds. The van der Waals surface area contributed by atoms with E-state index >= 15 is 0 Å². The summed E-state index contributed by atoms with van der Waals surface area (Å²) in [5, 5.41) is 28.9. The highest BCUT2D eigenvalue weighted by Gasteiger charge is 2.35. The predicted molar refractivity (Wildman–Crippen MR) is 351 cm³/mol. The summed E-state index contributed by atoms with van der Waals surface area (Å²) in [6.45, 7) is 2.04. The Morgan fingerprint density at radius 2 is 1.67 bits per heavy atom. The van der Waals surface area contributed by atoms with E-state index in [2.05, 4.69) is 74.5 Å². The number of ketones is 1. The number of amides is 2. The molecular weight excluding hydrogens is 1300 g/mol. The SMILES string of the molecule is Cc1ccc(-n2sc3ccccc3c2=O)cc1.N=Cc1c(-c2ccco2)nc(SCC(=O)Cc2nc(-c3ccccc3)cs2)[nH]c1=O.O=C1NN(c2ccc(Br)cc2)C(=O)/C1=C\c1ccc([N+](=O)[O-])o1.O=c1[nH]ncc(NNC=C2C=NC3C=CC=CC23)c1Cl. The van der Waals surface area contributed by atoms with Crippen molar-refractivity contribution < 1.29 is 28.1 Å². The predicted octanol–water partition coefficient (Wildman–Crippen LogP) is 11.2. The molecule has 2 aliphatic heterocycles. The van der Waals surface area contributed by atoms with E-state index < -0.39 is 33.7 Å². The van der Waals surface area contributed by atoms with Crippen LogP contribution in [-0.4, -0.2) is 75.9 Å². The van der Waals surface area contributed by atoms with E-state index in [0.717, 1.165) is 71.1 Å². The highest BCUT2D eigenvalue weighted by atomic mass is 79.9. The molecule has 4 aromatic carbocycles. The van der Waals surface area contributed by atoms with Crippen LogP contribution in [0.3, 0.4) is 0 Å². The highest BCUT2D eigenvalue weighted by Crippen LogP contribution is 2.30. The van der Waals surface area contributed by atoms with Crippen LogP contribution < -0.4 is 38.0 Å². The number of hydrogen-bond donors (Lipinski definition) is 6. The molecule has 2 unspecified atom stereocenters. The lowest BCUT2D eigenvalue weighted by Crippen LogP contribution is -2.35. The number of anilines is 2. The van der Waals surface area contributed by atoms with E-state index in [4.69, 9.17) is 25.8 Å². The second-order valence-electron chi connectivity index (χ2n) is 19.2. The second kappa shape index (κ2) is 29.0. The van der Waals surface area contributed by atoms with Crippen LogP contribution in [0.2, 0.25) is 5.02 Å². The number of carbonyl (C=O) groups excluding carboxylic acids is 3. The fraction of sp³-hybridized carbons (Fsp3) is 0.0806. The Morgan fingerprint density at radius 3 is 2.40 bits per heavy atom. The van der Waals surface area contributed by atoms with Gasteiger partial charge >= 0.3 is 5.88 Å². The Labute approximate surface area is 535 Å². The first-order chi connectivity index (χ1) is 43.6. The zero-order valence-electron chi connectivity index (χ0n) is 46.7. The third-order valence-electron chi connectivity index (χ3n) is 13.1. The number of rotatable bonds is 15. The van der Waals surface area contributed by atoms with Crippen molar-refractivity contribution in [3.8, 4) is 28.4 Å². The minimum atomic E-state index is -0.702. The van der Waals surface area contributed by atoms with Gasteiger partial charge in [-0.25, -0.2) is 24.0 Å². The number of fused-ring (bicyclic) bond motifs is 2. The van der Waals surface area contributed by atoms with Gasteiger partial charge in [-0.3, -0.25) is 54.7 Å². The van der Waals surface area contributed by atoms with Crippen LogP contribution in [0.15, 0.2) is 225 Å². The first-order valence-electron chi connectivity index (χ1n) is 26.8. The lowest BCUT2D eigenvalue weighted by Gasteiger charge is -2.15. The number of H-pyrrole nitrogens is 2. The number of carbonyl (C=O) groups is 3. The molecule has 90 heavy (non-hydrogen) atoms. The molecular formula is C62H47BrClN13O10S3. The van der Waals surface area contributed by atoms with Crippen molar-refractivity contribution in [3.63, 3.8) is 0 Å². The summed E-state index contributed by atoms with van der Waals surface area (Å²) in [5.41, 5.74) is 13.5. The molecule has 6 N–H and O–H groups in total. The van der Waals surface area contributed by atoms with Crippen molar-refractivity contribution in [3.05, 3.63) is 259 Å². The van der Waals surface area contributed by atoms with E-state index in [0.29, 0.717) is 22.3 Å². The number of halogens is 2. The normalized spacial score (nSPS) is 15.3. The second-order valence-corrected chi connectivity index (χ2v) is 23.4. The number of nitrogens with zero attached hydrogens (tertiary/aromatic N) is 7. The van der Waals surface area contributed by atoms with Crippen molar-refractivity contribution in [1.82, 2.24) is 40.0 Å². The average Bonchev–Trinajstić information content (AvgIpc) is 1.92. The number of benzene rings is 4. The molecule has 1 saturated heterocycles. The van der Waals surface area contributed by atoms with Crippen LogP contribution in [0.1, 0.15) is 21.9 Å². The molecule has 1 fully saturated rings. The molecule has 1 aliphatic carbocycles. The van der Waals surface area contributed by atoms with Gasteiger partial charge in [0.1, 0.15) is 37.8 Å². The molecule has 3 aliphatic rings. The summed E-state index contributed by atoms with van der Waals surface area (Å²) in [5.74, 6) is -0.836. The van der Waals surface area contributed by atoms with Crippen LogP contribution in [0.4, 0.5) is 17.3 Å². The minimum Gasteiger partial charge on any atom is -0.463 e. The Kier molecular flexibility index (Phi) is 20.2. The Bertz CT molecular complexity index is 4650. The van der Waals surface area contributed by atoms with Crippen LogP contribution in [0.5, 0.6) is 0 Å². The van der Waals surface area contributed by atoms with E-state index in [1.807, 2.05) is 110 Å². The number of aliphatic imine (C=N–C) groups is 1. The van der Waals surface area contributed by atoms with Gasteiger partial charge in [-0.05, 0) is 85.3 Å². The van der Waals surface area contributed by atoms with Gasteiger partial charge in [0.2, 0.25) is 0 Å². The van der Waals surface area contributed by atoms with Gasteiger partial charge in [0.15, 0.2) is 10.9 Å². The van der Waals surface area contributed by atoms with E-state index in [1.165, 1.54) is 53.0 Å². The third kappa shape index (κ3) is 15.3. The lowest BCUT2D eigenvalue weighted by atomic mass is 9.92. The average molecular weight is 1350 g/mol. The first-order valence-corrected chi connectivity index (χ1v) is 30.6. The number of Topliss-reactive ketones (excluding diaryl/α,β-unsaturated/α-hetero) is 1. The van der Waals surface area contributed by atoms with E-state index in [1.54, 1.807) is 46.6 Å². The summed E-state index contributed by atoms with van der Waals surface area (Å²) in [4.78, 5) is 98.2. The van der Waals surface area contributed by atoms with Gasteiger partial charge in [0.05, 0.1) is 75.1 Å². The zero-order valence-corrected chi connectivity index (χ0v) is 51.5. The summed E-state index contributed by atoms with van der Waals surface area (Å²) in [6.07, 6.45) is 17.0. The molecule has 23 nitrogen and oxygen atoms in total. The maximum absolute atomic E-state index is 12.4. The van der Waals surface area contributed by atoms with Crippen LogP contribution in [-0.2, 0) is 20.8 Å². The van der Waals surface area contributed by atoms with E-state index in [-0.39, 0.29) is 63.1 Å².